The van der Waals surface area contributed by atoms with Crippen LogP contribution in [-0.4, -0.2) is 94.1 Å². The topological polar surface area (TPSA) is 215 Å². The first-order chi connectivity index (χ1) is 22.1. The first-order valence-corrected chi connectivity index (χ1v) is 17.4. The van der Waals surface area contributed by atoms with Crippen LogP contribution >= 0.6 is 0 Å². The number of aliphatic imine (C=N–C) groups is 1. The number of hydrogen-bond acceptors (Lipinski definition) is 11. The number of benzene rings is 2. The van der Waals surface area contributed by atoms with Crippen LogP contribution in [0.5, 0.6) is 0 Å². The third-order valence-electron chi connectivity index (χ3n) is 7.46. The Morgan fingerprint density at radius 2 is 1.70 bits per heavy atom. The van der Waals surface area contributed by atoms with Crippen molar-refractivity contribution in [3.63, 3.8) is 0 Å². The number of amides is 4. The van der Waals surface area contributed by atoms with Crippen molar-refractivity contribution in [1.82, 2.24) is 19.6 Å². The highest BCUT2D eigenvalue weighted by atomic mass is 32.2. The van der Waals surface area contributed by atoms with Gasteiger partial charge < -0.3 is 10.2 Å². The van der Waals surface area contributed by atoms with Crippen LogP contribution in [0.1, 0.15) is 27.3 Å². The van der Waals surface area contributed by atoms with Crippen LogP contribution in [0.15, 0.2) is 58.4 Å². The summed E-state index contributed by atoms with van der Waals surface area (Å²) in [5, 5.41) is 13.9. The number of nitriles is 1. The minimum atomic E-state index is -3.89. The second-order valence-electron chi connectivity index (χ2n) is 10.8. The van der Waals surface area contributed by atoms with Crippen LogP contribution in [-0.2, 0) is 31.3 Å². The first kappa shape index (κ1) is 33.1. The number of aryl methyl sites for hydroxylation is 1. The van der Waals surface area contributed by atoms with E-state index in [0.717, 1.165) is 10.6 Å². The quantitative estimate of drug-likeness (QED) is 0.326. The van der Waals surface area contributed by atoms with E-state index < -0.39 is 37.9 Å². The third-order valence-corrected chi connectivity index (χ3v) is 10.6. The Kier molecular flexibility index (Phi) is 9.07. The summed E-state index contributed by atoms with van der Waals surface area (Å²) >= 11 is 0. The Morgan fingerprint density at radius 3 is 2.30 bits per heavy atom. The van der Waals surface area contributed by atoms with Gasteiger partial charge in [0.25, 0.3) is 11.8 Å². The van der Waals surface area contributed by atoms with Crippen molar-refractivity contribution in [2.75, 3.05) is 54.0 Å². The molecular weight excluding hydrogens is 651 g/mol. The normalized spacial score (nSPS) is 15.5. The van der Waals surface area contributed by atoms with Gasteiger partial charge in [-0.2, -0.15) is 14.6 Å². The lowest BCUT2D eigenvalue weighted by Gasteiger charge is -2.34. The van der Waals surface area contributed by atoms with E-state index in [2.05, 4.69) is 20.3 Å². The summed E-state index contributed by atoms with van der Waals surface area (Å²) in [6.07, 6.45) is 0.895. The van der Waals surface area contributed by atoms with Gasteiger partial charge in [-0.3, -0.25) is 19.2 Å². The van der Waals surface area contributed by atoms with Gasteiger partial charge in [0.05, 0.1) is 22.4 Å². The van der Waals surface area contributed by atoms with Gasteiger partial charge >= 0.3 is 6.03 Å². The maximum atomic E-state index is 13.5. The number of aromatic nitrogens is 2. The minimum absolute atomic E-state index is 0.00665. The van der Waals surface area contributed by atoms with E-state index in [9.17, 15) is 36.5 Å². The Hall–Kier alpha value is -5.25. The molecule has 16 nitrogen and oxygen atoms in total. The zero-order valence-corrected chi connectivity index (χ0v) is 27.1. The van der Waals surface area contributed by atoms with Crippen molar-refractivity contribution < 1.29 is 31.2 Å². The van der Waals surface area contributed by atoms with Crippen molar-refractivity contribution in [2.45, 2.75) is 18.2 Å². The number of carbonyl (C=O) groups is 3. The molecule has 4 amide bonds. The van der Waals surface area contributed by atoms with Crippen molar-refractivity contribution >= 4 is 60.9 Å². The van der Waals surface area contributed by atoms with Crippen molar-refractivity contribution in [3.05, 3.63) is 71.0 Å². The Balaban J connectivity index is 1.31. The van der Waals surface area contributed by atoms with E-state index in [1.54, 1.807) is 13.0 Å². The number of carbonyl (C=O) groups excluding carboxylic acids is 3. The maximum Gasteiger partial charge on any atom is 0.348 e. The van der Waals surface area contributed by atoms with E-state index in [-0.39, 0.29) is 52.7 Å². The Morgan fingerprint density at radius 1 is 1.02 bits per heavy atom. The van der Waals surface area contributed by atoms with Gasteiger partial charge in [0, 0.05) is 51.0 Å². The second kappa shape index (κ2) is 12.9. The smallest absolute Gasteiger partial charge is 0.338 e. The number of rotatable bonds is 9. The van der Waals surface area contributed by atoms with Crippen molar-refractivity contribution in [3.8, 4) is 6.07 Å². The molecule has 2 aromatic carbocycles. The van der Waals surface area contributed by atoms with Gasteiger partial charge in [0.15, 0.2) is 0 Å². The summed E-state index contributed by atoms with van der Waals surface area (Å²) in [7, 11) is -6.37. The van der Waals surface area contributed by atoms with Gasteiger partial charge in [0.2, 0.25) is 26.0 Å². The van der Waals surface area contributed by atoms with Gasteiger partial charge in [-0.15, -0.1) is 0 Å². The van der Waals surface area contributed by atoms with Crippen LogP contribution in [0.25, 0.3) is 0 Å². The molecule has 3 heterocycles. The van der Waals surface area contributed by atoms with E-state index in [1.807, 2.05) is 16.3 Å². The number of piperazine rings is 1. The minimum Gasteiger partial charge on any atom is -0.338 e. The first-order valence-electron chi connectivity index (χ1n) is 14.1. The maximum absolute atomic E-state index is 13.5. The van der Waals surface area contributed by atoms with E-state index >= 15 is 0 Å². The average molecular weight is 680 g/mol. The lowest BCUT2D eigenvalue weighted by Crippen LogP contribution is -2.49. The molecule has 0 bridgehead atoms. The van der Waals surface area contributed by atoms with Gasteiger partial charge in [-0.1, -0.05) is 6.07 Å². The summed E-state index contributed by atoms with van der Waals surface area (Å²) in [6, 6.07) is 12.6. The number of sulfonamides is 2. The summed E-state index contributed by atoms with van der Waals surface area (Å²) in [6.45, 7) is 2.71. The molecule has 0 radical (unpaired) electrons. The number of imide groups is 1. The molecule has 2 aliphatic heterocycles. The average Bonchev–Trinajstić information content (AvgIpc) is 3.35. The SMILES string of the molecule is Cc1cc(C#N)nc(N2CCN(S(=O)(=O)c3ccc(NC(=O)c4cc(CC5=NC(=O)NC5=O)ccc4N(C)S(C)(=O)=O)cc3)CC2)n1. The fourth-order valence-corrected chi connectivity index (χ4v) is 6.89. The number of urea groups is 1. The number of hydrogen-bond donors (Lipinski definition) is 2. The number of nitrogens with zero attached hydrogens (tertiary/aromatic N) is 7. The fourth-order valence-electron chi connectivity index (χ4n) is 4.95. The van der Waals surface area contributed by atoms with E-state index in [4.69, 9.17) is 0 Å². The summed E-state index contributed by atoms with van der Waals surface area (Å²) in [4.78, 5) is 50.9. The molecular formula is C29H29N9O7S2. The molecule has 1 fully saturated rings. The monoisotopic (exact) mass is 679 g/mol. The lowest BCUT2D eigenvalue weighted by atomic mass is 10.0. The molecule has 5 rings (SSSR count). The summed E-state index contributed by atoms with van der Waals surface area (Å²) < 4.78 is 53.7. The Bertz CT molecular complexity index is 2070. The molecule has 18 heteroatoms. The van der Waals surface area contributed by atoms with Crippen LogP contribution in [0.3, 0.4) is 0 Å². The summed E-state index contributed by atoms with van der Waals surface area (Å²) in [5.41, 5.74) is 1.48. The Labute approximate surface area is 270 Å². The molecule has 0 aliphatic carbocycles. The van der Waals surface area contributed by atoms with E-state index in [1.165, 1.54) is 53.8 Å². The zero-order chi connectivity index (χ0) is 34.1. The molecule has 2 aliphatic rings. The second-order valence-corrected chi connectivity index (χ2v) is 14.7. The molecule has 1 aromatic heterocycles. The van der Waals surface area contributed by atoms with Crippen LogP contribution < -0.4 is 19.8 Å². The molecule has 244 valence electrons. The highest BCUT2D eigenvalue weighted by molar-refractivity contribution is 7.92. The lowest BCUT2D eigenvalue weighted by molar-refractivity contribution is -0.113. The highest BCUT2D eigenvalue weighted by Crippen LogP contribution is 2.26. The molecule has 1 saturated heterocycles. The number of anilines is 3. The van der Waals surface area contributed by atoms with E-state index in [0.29, 0.717) is 30.3 Å². The van der Waals surface area contributed by atoms with Crippen LogP contribution in [0, 0.1) is 18.3 Å². The van der Waals surface area contributed by atoms with Crippen LogP contribution in [0.4, 0.5) is 22.1 Å². The molecule has 0 atom stereocenters. The molecule has 0 unspecified atom stereocenters. The van der Waals surface area contributed by atoms with Gasteiger partial charge in [0.1, 0.15) is 17.5 Å². The van der Waals surface area contributed by atoms with Gasteiger partial charge in [-0.25, -0.2) is 31.6 Å². The predicted octanol–water partition coefficient (Wildman–Crippen LogP) is 1.05. The van der Waals surface area contributed by atoms with Gasteiger partial charge in [-0.05, 0) is 55.0 Å². The molecule has 0 saturated carbocycles. The van der Waals surface area contributed by atoms with Crippen molar-refractivity contribution in [2.24, 2.45) is 4.99 Å². The van der Waals surface area contributed by atoms with Crippen molar-refractivity contribution in [1.29, 1.82) is 5.26 Å². The van der Waals surface area contributed by atoms with Crippen LogP contribution in [0.2, 0.25) is 0 Å². The molecule has 3 aromatic rings. The third kappa shape index (κ3) is 7.27. The summed E-state index contributed by atoms with van der Waals surface area (Å²) in [5.74, 6) is -0.997. The molecule has 0 spiro atoms. The predicted molar refractivity (Wildman–Crippen MR) is 171 cm³/mol. The molecule has 2 N–H and O–H groups in total. The number of nitrogens with one attached hydrogen (secondary N) is 2. The zero-order valence-electron chi connectivity index (χ0n) is 25.5. The molecule has 47 heavy (non-hydrogen) atoms. The largest absolute Gasteiger partial charge is 0.348 e. The standard InChI is InChI=1S/C29H29N9O7S2/c1-18-14-21(17-30)33-28(31-18)37-10-12-38(13-11-37)47(44,45)22-7-5-20(6-8-22)32-26(39)23-15-19(16-24-27(40)35-29(41)34-24)4-9-25(23)36(2)46(3,42)43/h4-9,14-15H,10-13,16H2,1-3H3,(H,32,39)(H,35,40,41). The highest BCUT2D eigenvalue weighted by Gasteiger charge is 2.30. The fraction of sp³-hybridized carbons (Fsp3) is 0.276.